The first-order chi connectivity index (χ1) is 14.0. The smallest absolute Gasteiger partial charge is 0.211 e. The molecule has 1 aromatic carbocycles. The summed E-state index contributed by atoms with van der Waals surface area (Å²) in [5.41, 5.74) is 13.1. The third kappa shape index (κ3) is 3.46. The van der Waals surface area contributed by atoms with Gasteiger partial charge in [-0.25, -0.2) is 9.98 Å². The molecule has 1 unspecified atom stereocenters. The Labute approximate surface area is 165 Å². The van der Waals surface area contributed by atoms with Crippen LogP contribution in [-0.4, -0.2) is 24.7 Å². The summed E-state index contributed by atoms with van der Waals surface area (Å²) in [4.78, 5) is 8.67. The Morgan fingerprint density at radius 2 is 2.07 bits per heavy atom. The first-order valence-electron chi connectivity index (χ1n) is 8.20. The molecule has 0 radical (unpaired) electrons. The lowest BCUT2D eigenvalue weighted by Crippen LogP contribution is -2.32. The van der Waals surface area contributed by atoms with Crippen LogP contribution >= 0.6 is 0 Å². The number of hydrogen-bond acceptors (Lipinski definition) is 11. The van der Waals surface area contributed by atoms with Crippen LogP contribution in [0.5, 0.6) is 11.5 Å². The number of benzene rings is 1. The van der Waals surface area contributed by atoms with E-state index >= 15 is 0 Å². The minimum absolute atomic E-state index is 0.0236. The van der Waals surface area contributed by atoms with Gasteiger partial charge in [0.05, 0.1) is 12.8 Å². The van der Waals surface area contributed by atoms with Crippen LogP contribution in [-0.2, 0) is 0 Å². The Morgan fingerprint density at radius 1 is 1.28 bits per heavy atom. The van der Waals surface area contributed by atoms with Crippen molar-refractivity contribution in [3.63, 3.8) is 0 Å². The lowest BCUT2D eigenvalue weighted by Gasteiger charge is -2.27. The van der Waals surface area contributed by atoms with E-state index in [1.165, 1.54) is 7.11 Å². The van der Waals surface area contributed by atoms with Crippen molar-refractivity contribution in [2.24, 2.45) is 4.99 Å². The fourth-order valence-electron chi connectivity index (χ4n) is 2.91. The number of anilines is 3. The van der Waals surface area contributed by atoms with Gasteiger partial charge in [-0.2, -0.15) is 15.8 Å². The van der Waals surface area contributed by atoms with E-state index in [4.69, 9.17) is 31.5 Å². The Hall–Kier alpha value is -4.69. The van der Waals surface area contributed by atoms with E-state index in [1.54, 1.807) is 24.4 Å². The number of aliphatic imine (C=N–C) groups is 1. The molecule has 0 fully saturated rings. The van der Waals surface area contributed by atoms with Gasteiger partial charge in [-0.05, 0) is 12.1 Å². The summed E-state index contributed by atoms with van der Waals surface area (Å²) in [6.45, 7) is -0.204. The topological polar surface area (TPSA) is 191 Å². The summed E-state index contributed by atoms with van der Waals surface area (Å²) in [7, 11) is 1.50. The summed E-state index contributed by atoms with van der Waals surface area (Å²) in [6.07, 6.45) is 1.78. The van der Waals surface area contributed by atoms with E-state index < -0.39 is 6.04 Å². The number of guanidine groups is 1. The quantitative estimate of drug-likeness (QED) is 0.432. The summed E-state index contributed by atoms with van der Waals surface area (Å²) >= 11 is 0. The SMILES string of the molecule is COc1ccc(C2N=C(NC#N)Nc3nc(N)c(C#N)c(N)c32)c(OCC#N)c1. The van der Waals surface area contributed by atoms with Crippen LogP contribution in [0, 0.1) is 34.1 Å². The summed E-state index contributed by atoms with van der Waals surface area (Å²) in [5, 5.41) is 32.5. The Bertz CT molecular complexity index is 1120. The number of nitriles is 3. The summed E-state index contributed by atoms with van der Waals surface area (Å²) in [5.74, 6) is 1.15. The largest absolute Gasteiger partial charge is 0.497 e. The number of rotatable bonds is 4. The van der Waals surface area contributed by atoms with E-state index in [1.807, 2.05) is 12.1 Å². The van der Waals surface area contributed by atoms with E-state index in [0.717, 1.165) is 0 Å². The maximum atomic E-state index is 9.39. The van der Waals surface area contributed by atoms with Crippen molar-refractivity contribution in [3.8, 4) is 29.8 Å². The van der Waals surface area contributed by atoms with E-state index in [-0.39, 0.29) is 35.5 Å². The number of pyridine rings is 1. The van der Waals surface area contributed by atoms with Gasteiger partial charge < -0.3 is 26.3 Å². The molecule has 2 heterocycles. The number of ether oxygens (including phenoxy) is 2. The molecular weight excluding hydrogens is 374 g/mol. The second-order valence-corrected chi connectivity index (χ2v) is 5.75. The molecule has 6 N–H and O–H groups in total. The number of fused-ring (bicyclic) bond motifs is 1. The van der Waals surface area contributed by atoms with Gasteiger partial charge in [-0.1, -0.05) is 0 Å². The molecular formula is C18H15N9O2. The fourth-order valence-corrected chi connectivity index (χ4v) is 2.91. The van der Waals surface area contributed by atoms with Crippen LogP contribution in [0.15, 0.2) is 23.2 Å². The minimum atomic E-state index is -0.790. The van der Waals surface area contributed by atoms with Crippen LogP contribution in [0.4, 0.5) is 17.3 Å². The van der Waals surface area contributed by atoms with Crippen molar-refractivity contribution in [2.75, 3.05) is 30.5 Å². The molecule has 1 aliphatic rings. The number of nitrogen functional groups attached to an aromatic ring is 2. The molecule has 0 aliphatic carbocycles. The number of nitrogens with zero attached hydrogens (tertiary/aromatic N) is 5. The maximum absolute atomic E-state index is 9.39. The van der Waals surface area contributed by atoms with Crippen molar-refractivity contribution in [1.82, 2.24) is 10.3 Å². The van der Waals surface area contributed by atoms with Gasteiger partial charge in [0.2, 0.25) is 5.96 Å². The standard InChI is InChI=1S/C18H15N9O2/c1-28-9-2-3-10(12(6-9)29-5-4-19)15-13-14(22)11(7-20)16(23)26-17(13)27-18(25-15)24-8-21/h2-3,6,15H,5H2,1H3,(H6,22,23,24,25,26,27). The molecule has 3 rings (SSSR count). The molecule has 11 heteroatoms. The lowest BCUT2D eigenvalue weighted by molar-refractivity contribution is 0.356. The average molecular weight is 389 g/mol. The Kier molecular flexibility index (Phi) is 5.20. The van der Waals surface area contributed by atoms with Crippen molar-refractivity contribution in [3.05, 3.63) is 34.9 Å². The van der Waals surface area contributed by atoms with Gasteiger partial charge in [0, 0.05) is 17.2 Å². The van der Waals surface area contributed by atoms with Gasteiger partial charge >= 0.3 is 0 Å². The highest BCUT2D eigenvalue weighted by Gasteiger charge is 2.31. The first kappa shape index (κ1) is 19.1. The lowest BCUT2D eigenvalue weighted by atomic mass is 9.94. The monoisotopic (exact) mass is 389 g/mol. The number of aromatic nitrogens is 1. The van der Waals surface area contributed by atoms with Gasteiger partial charge in [0.1, 0.15) is 46.9 Å². The number of methoxy groups -OCH3 is 1. The van der Waals surface area contributed by atoms with Crippen molar-refractivity contribution in [1.29, 1.82) is 15.8 Å². The molecule has 0 saturated heterocycles. The molecule has 29 heavy (non-hydrogen) atoms. The maximum Gasteiger partial charge on any atom is 0.211 e. The highest BCUT2D eigenvalue weighted by molar-refractivity contribution is 5.98. The molecule has 1 aromatic heterocycles. The zero-order chi connectivity index (χ0) is 21.0. The second-order valence-electron chi connectivity index (χ2n) is 5.75. The van der Waals surface area contributed by atoms with Crippen LogP contribution in [0.25, 0.3) is 0 Å². The Morgan fingerprint density at radius 3 is 2.72 bits per heavy atom. The number of nitrogens with two attached hydrogens (primary N) is 2. The fraction of sp³-hybridized carbons (Fsp3) is 0.167. The predicted molar refractivity (Wildman–Crippen MR) is 104 cm³/mol. The van der Waals surface area contributed by atoms with Gasteiger partial charge in [0.25, 0.3) is 0 Å². The van der Waals surface area contributed by atoms with Crippen molar-refractivity contribution < 1.29 is 9.47 Å². The zero-order valence-corrected chi connectivity index (χ0v) is 15.2. The summed E-state index contributed by atoms with van der Waals surface area (Å²) < 4.78 is 10.8. The van der Waals surface area contributed by atoms with Crippen molar-refractivity contribution in [2.45, 2.75) is 6.04 Å². The molecule has 144 valence electrons. The van der Waals surface area contributed by atoms with E-state index in [0.29, 0.717) is 22.6 Å². The highest BCUT2D eigenvalue weighted by Crippen LogP contribution is 2.43. The molecule has 0 amide bonds. The molecule has 0 bridgehead atoms. The third-order valence-corrected chi connectivity index (χ3v) is 4.17. The average Bonchev–Trinajstić information content (AvgIpc) is 2.71. The highest BCUT2D eigenvalue weighted by atomic mass is 16.5. The first-order valence-corrected chi connectivity index (χ1v) is 8.20. The minimum Gasteiger partial charge on any atom is -0.497 e. The normalized spacial score (nSPS) is 14.1. The van der Waals surface area contributed by atoms with Crippen LogP contribution in [0.3, 0.4) is 0 Å². The third-order valence-electron chi connectivity index (χ3n) is 4.17. The molecule has 11 nitrogen and oxygen atoms in total. The predicted octanol–water partition coefficient (Wildman–Crippen LogP) is 0.970. The molecule has 1 aliphatic heterocycles. The Balaban J connectivity index is 2.25. The van der Waals surface area contributed by atoms with Gasteiger partial charge in [-0.3, -0.25) is 5.32 Å². The number of hydrogen-bond donors (Lipinski definition) is 4. The van der Waals surface area contributed by atoms with Gasteiger partial charge in [-0.15, -0.1) is 0 Å². The van der Waals surface area contributed by atoms with Crippen LogP contribution < -0.4 is 31.6 Å². The molecule has 0 spiro atoms. The zero-order valence-electron chi connectivity index (χ0n) is 15.2. The van der Waals surface area contributed by atoms with E-state index in [2.05, 4.69) is 20.6 Å². The van der Waals surface area contributed by atoms with E-state index in [9.17, 15) is 5.26 Å². The molecule has 0 saturated carbocycles. The van der Waals surface area contributed by atoms with Crippen molar-refractivity contribution >= 4 is 23.3 Å². The molecule has 2 aromatic rings. The van der Waals surface area contributed by atoms with Crippen LogP contribution in [0.1, 0.15) is 22.7 Å². The summed E-state index contributed by atoms with van der Waals surface area (Å²) in [6, 6.07) is 8.04. The molecule has 1 atom stereocenters. The van der Waals surface area contributed by atoms with Crippen LogP contribution in [0.2, 0.25) is 0 Å². The second kappa shape index (κ2) is 7.91. The van der Waals surface area contributed by atoms with Gasteiger partial charge in [0.15, 0.2) is 12.8 Å². The number of nitrogens with one attached hydrogen (secondary N) is 2.